The zero-order chi connectivity index (χ0) is 15.4. The van der Waals surface area contributed by atoms with Crippen molar-refractivity contribution in [3.63, 3.8) is 0 Å². The van der Waals surface area contributed by atoms with Gasteiger partial charge in [0.2, 0.25) is 11.8 Å². The maximum absolute atomic E-state index is 12.3. The summed E-state index contributed by atoms with van der Waals surface area (Å²) in [7, 11) is 0. The highest BCUT2D eigenvalue weighted by Gasteiger charge is 2.26. The van der Waals surface area contributed by atoms with E-state index in [-0.39, 0.29) is 17.6 Å². The van der Waals surface area contributed by atoms with Crippen LogP contribution in [0.25, 0.3) is 0 Å². The van der Waals surface area contributed by atoms with E-state index in [1.54, 1.807) is 34.1 Å². The number of piperazine rings is 1. The summed E-state index contributed by atoms with van der Waals surface area (Å²) < 4.78 is 0. The first-order chi connectivity index (χ1) is 9.97. The Balaban J connectivity index is 1.88. The Morgan fingerprint density at radius 3 is 2.19 bits per heavy atom. The molecule has 2 amide bonds. The van der Waals surface area contributed by atoms with Crippen LogP contribution in [0, 0.1) is 0 Å². The SMILES string of the molecule is CC(=O)N1CCN(C(=O)C(N)Cc2ccc(O)cc2)CC1. The van der Waals surface area contributed by atoms with E-state index in [9.17, 15) is 14.7 Å². The Labute approximate surface area is 124 Å². The van der Waals surface area contributed by atoms with Crippen molar-refractivity contribution >= 4 is 11.8 Å². The van der Waals surface area contributed by atoms with Gasteiger partial charge in [-0.3, -0.25) is 9.59 Å². The fourth-order valence-electron chi connectivity index (χ4n) is 2.45. The zero-order valence-electron chi connectivity index (χ0n) is 12.2. The quantitative estimate of drug-likeness (QED) is 0.817. The molecule has 1 aliphatic rings. The van der Waals surface area contributed by atoms with Crippen LogP contribution in [0.4, 0.5) is 0 Å². The summed E-state index contributed by atoms with van der Waals surface area (Å²) in [5.74, 6) is 0.140. The van der Waals surface area contributed by atoms with Crippen molar-refractivity contribution in [2.75, 3.05) is 26.2 Å². The molecule has 1 aliphatic heterocycles. The van der Waals surface area contributed by atoms with Crippen LogP contribution in [0.1, 0.15) is 12.5 Å². The highest BCUT2D eigenvalue weighted by molar-refractivity contribution is 5.82. The maximum Gasteiger partial charge on any atom is 0.239 e. The molecule has 0 bridgehead atoms. The van der Waals surface area contributed by atoms with Gasteiger partial charge in [-0.15, -0.1) is 0 Å². The van der Waals surface area contributed by atoms with Crippen molar-refractivity contribution < 1.29 is 14.7 Å². The van der Waals surface area contributed by atoms with Gasteiger partial charge < -0.3 is 20.6 Å². The number of carbonyl (C=O) groups is 2. The molecule has 1 heterocycles. The van der Waals surface area contributed by atoms with E-state index >= 15 is 0 Å². The van der Waals surface area contributed by atoms with Crippen LogP contribution in [0.2, 0.25) is 0 Å². The molecule has 1 saturated heterocycles. The molecule has 0 saturated carbocycles. The summed E-state index contributed by atoms with van der Waals surface area (Å²) in [6.07, 6.45) is 0.437. The number of nitrogens with two attached hydrogens (primary N) is 1. The zero-order valence-corrected chi connectivity index (χ0v) is 12.2. The number of carbonyl (C=O) groups excluding carboxylic acids is 2. The van der Waals surface area contributed by atoms with E-state index in [4.69, 9.17) is 5.73 Å². The van der Waals surface area contributed by atoms with Gasteiger partial charge >= 0.3 is 0 Å². The van der Waals surface area contributed by atoms with Gasteiger partial charge in [-0.05, 0) is 24.1 Å². The number of hydrogen-bond donors (Lipinski definition) is 2. The van der Waals surface area contributed by atoms with Gasteiger partial charge in [0.15, 0.2) is 0 Å². The molecule has 3 N–H and O–H groups in total. The van der Waals surface area contributed by atoms with Gasteiger partial charge in [0.1, 0.15) is 5.75 Å². The fraction of sp³-hybridized carbons (Fsp3) is 0.467. The van der Waals surface area contributed by atoms with Gasteiger partial charge in [-0.1, -0.05) is 12.1 Å². The molecular weight excluding hydrogens is 270 g/mol. The molecule has 1 aromatic carbocycles. The normalized spacial score (nSPS) is 16.7. The van der Waals surface area contributed by atoms with E-state index in [1.807, 2.05) is 0 Å². The second kappa shape index (κ2) is 6.58. The Morgan fingerprint density at radius 2 is 1.67 bits per heavy atom. The minimum absolute atomic E-state index is 0.0375. The smallest absolute Gasteiger partial charge is 0.239 e. The summed E-state index contributed by atoms with van der Waals surface area (Å²) in [4.78, 5) is 27.0. The van der Waals surface area contributed by atoms with Crippen LogP contribution in [0.15, 0.2) is 24.3 Å². The summed E-state index contributed by atoms with van der Waals surface area (Å²) in [6.45, 7) is 3.72. The molecule has 6 nitrogen and oxygen atoms in total. The number of phenols is 1. The number of rotatable bonds is 3. The average molecular weight is 291 g/mol. The third-order valence-electron chi connectivity index (χ3n) is 3.75. The first-order valence-corrected chi connectivity index (χ1v) is 7.05. The molecule has 114 valence electrons. The lowest BCUT2D eigenvalue weighted by Gasteiger charge is -2.35. The Morgan fingerprint density at radius 1 is 1.14 bits per heavy atom. The minimum atomic E-state index is -0.599. The molecule has 0 aromatic heterocycles. The van der Waals surface area contributed by atoms with Gasteiger partial charge in [-0.2, -0.15) is 0 Å². The predicted molar refractivity (Wildman–Crippen MR) is 78.6 cm³/mol. The topological polar surface area (TPSA) is 86.9 Å². The second-order valence-corrected chi connectivity index (χ2v) is 5.31. The van der Waals surface area contributed by atoms with Gasteiger partial charge in [0.25, 0.3) is 0 Å². The van der Waals surface area contributed by atoms with Crippen molar-refractivity contribution in [1.82, 2.24) is 9.80 Å². The molecule has 1 unspecified atom stereocenters. The molecule has 0 spiro atoms. The van der Waals surface area contributed by atoms with Crippen LogP contribution in [-0.2, 0) is 16.0 Å². The number of aromatic hydroxyl groups is 1. The Hall–Kier alpha value is -2.08. The number of hydrogen-bond acceptors (Lipinski definition) is 4. The van der Waals surface area contributed by atoms with E-state index < -0.39 is 6.04 Å². The van der Waals surface area contributed by atoms with Crippen LogP contribution in [0.3, 0.4) is 0 Å². The van der Waals surface area contributed by atoms with Crippen molar-refractivity contribution in [1.29, 1.82) is 0 Å². The predicted octanol–water partition coefficient (Wildman–Crippen LogP) is -0.0473. The van der Waals surface area contributed by atoms with Gasteiger partial charge in [0, 0.05) is 33.1 Å². The molecular formula is C15H21N3O3. The summed E-state index contributed by atoms with van der Waals surface area (Å²) in [6, 6.07) is 6.08. The van der Waals surface area contributed by atoms with E-state index in [0.29, 0.717) is 32.6 Å². The third kappa shape index (κ3) is 3.95. The maximum atomic E-state index is 12.3. The van der Waals surface area contributed by atoms with Crippen molar-refractivity contribution in [3.05, 3.63) is 29.8 Å². The molecule has 1 fully saturated rings. The molecule has 0 aliphatic carbocycles. The number of phenolic OH excluding ortho intramolecular Hbond substituents is 1. The Kier molecular flexibility index (Phi) is 4.80. The van der Waals surface area contributed by atoms with Gasteiger partial charge in [0.05, 0.1) is 6.04 Å². The lowest BCUT2D eigenvalue weighted by molar-refractivity contribution is -0.139. The van der Waals surface area contributed by atoms with Crippen LogP contribution in [0.5, 0.6) is 5.75 Å². The van der Waals surface area contributed by atoms with Crippen molar-refractivity contribution in [2.24, 2.45) is 5.73 Å². The molecule has 1 aromatic rings. The van der Waals surface area contributed by atoms with Crippen LogP contribution >= 0.6 is 0 Å². The summed E-state index contributed by atoms with van der Waals surface area (Å²) >= 11 is 0. The van der Waals surface area contributed by atoms with Crippen molar-refractivity contribution in [2.45, 2.75) is 19.4 Å². The standard InChI is InChI=1S/C15H21N3O3/c1-11(19)17-6-8-18(9-7-17)15(21)14(16)10-12-2-4-13(20)5-3-12/h2-5,14,20H,6-10,16H2,1H3. The van der Waals surface area contributed by atoms with Gasteiger partial charge in [-0.25, -0.2) is 0 Å². The van der Waals surface area contributed by atoms with Crippen LogP contribution < -0.4 is 5.73 Å². The monoisotopic (exact) mass is 291 g/mol. The third-order valence-corrected chi connectivity index (χ3v) is 3.75. The largest absolute Gasteiger partial charge is 0.508 e. The molecule has 0 radical (unpaired) electrons. The number of amides is 2. The molecule has 1 atom stereocenters. The number of benzene rings is 1. The number of nitrogens with zero attached hydrogens (tertiary/aromatic N) is 2. The first kappa shape index (κ1) is 15.3. The van der Waals surface area contributed by atoms with E-state index in [1.165, 1.54) is 6.92 Å². The molecule has 21 heavy (non-hydrogen) atoms. The molecule has 2 rings (SSSR count). The second-order valence-electron chi connectivity index (χ2n) is 5.31. The van der Waals surface area contributed by atoms with E-state index in [2.05, 4.69) is 0 Å². The highest BCUT2D eigenvalue weighted by Crippen LogP contribution is 2.12. The minimum Gasteiger partial charge on any atom is -0.508 e. The van der Waals surface area contributed by atoms with Crippen LogP contribution in [-0.4, -0.2) is 58.9 Å². The average Bonchev–Trinajstić information content (AvgIpc) is 2.49. The van der Waals surface area contributed by atoms with E-state index in [0.717, 1.165) is 5.56 Å². The fourth-order valence-corrected chi connectivity index (χ4v) is 2.45. The Bertz CT molecular complexity index is 507. The van der Waals surface area contributed by atoms with Crippen molar-refractivity contribution in [3.8, 4) is 5.75 Å². The summed E-state index contributed by atoms with van der Waals surface area (Å²) in [5.41, 5.74) is 6.89. The first-order valence-electron chi connectivity index (χ1n) is 7.05. The molecule has 6 heteroatoms. The highest BCUT2D eigenvalue weighted by atomic mass is 16.3. The lowest BCUT2D eigenvalue weighted by atomic mass is 10.0. The summed E-state index contributed by atoms with van der Waals surface area (Å²) in [5, 5.41) is 9.23. The lowest BCUT2D eigenvalue weighted by Crippen LogP contribution is -2.54.